The van der Waals surface area contributed by atoms with E-state index in [-0.39, 0.29) is 0 Å². The predicted molar refractivity (Wildman–Crippen MR) is 118 cm³/mol. The highest BCUT2D eigenvalue weighted by Gasteiger charge is 1.99. The van der Waals surface area contributed by atoms with Crippen molar-refractivity contribution < 1.29 is 0 Å². The van der Waals surface area contributed by atoms with Gasteiger partial charge in [-0.1, -0.05) is 121 Å². The zero-order valence-corrected chi connectivity index (χ0v) is 17.8. The molecule has 0 aliphatic carbocycles. The van der Waals surface area contributed by atoms with Gasteiger partial charge in [0.05, 0.1) is 0 Å². The van der Waals surface area contributed by atoms with Gasteiger partial charge in [-0.2, -0.15) is 0 Å². The van der Waals surface area contributed by atoms with Crippen LogP contribution in [-0.4, -0.2) is 13.6 Å². The molecule has 0 aliphatic heterocycles. The number of benzene rings is 1. The van der Waals surface area contributed by atoms with Gasteiger partial charge >= 0.3 is 0 Å². The van der Waals surface area contributed by atoms with E-state index in [2.05, 4.69) is 37.1 Å². The molecule has 1 nitrogen and oxygen atoms in total. The molecule has 0 saturated carbocycles. The van der Waals surface area contributed by atoms with E-state index in [9.17, 15) is 0 Å². The highest BCUT2D eigenvalue weighted by molar-refractivity contribution is 5.43. The number of anilines is 1. The second-order valence-corrected chi connectivity index (χ2v) is 7.97. The predicted octanol–water partition coefficient (Wildman–Crippen LogP) is 8.18. The zero-order valence-electron chi connectivity index (χ0n) is 17.8. The second kappa shape index (κ2) is 17.4. The maximum Gasteiger partial charge on any atom is 0.0444 e. The lowest BCUT2D eigenvalue weighted by atomic mass is 10.0. The van der Waals surface area contributed by atoms with E-state index < -0.39 is 0 Å². The highest BCUT2D eigenvalue weighted by Crippen LogP contribution is 2.15. The van der Waals surface area contributed by atoms with Gasteiger partial charge < -0.3 is 4.90 Å². The zero-order chi connectivity index (χ0) is 18.7. The average Bonchev–Trinajstić information content (AvgIpc) is 2.68. The second-order valence-electron chi connectivity index (χ2n) is 7.97. The molecule has 1 aromatic carbocycles. The summed E-state index contributed by atoms with van der Waals surface area (Å²) < 4.78 is 0. The number of nitrogens with zero attached hydrogens (tertiary/aromatic N) is 1. The summed E-state index contributed by atoms with van der Waals surface area (Å²) in [5, 5.41) is 0. The van der Waals surface area contributed by atoms with Gasteiger partial charge in [-0.15, -0.1) is 0 Å². The Labute approximate surface area is 164 Å². The molecule has 0 bridgehead atoms. The van der Waals surface area contributed by atoms with Crippen molar-refractivity contribution in [2.75, 3.05) is 18.5 Å². The quantitative estimate of drug-likeness (QED) is 0.239. The minimum absolute atomic E-state index is 1.15. The Morgan fingerprint density at radius 2 is 1.12 bits per heavy atom. The number of hydrogen-bond donors (Lipinski definition) is 0. The molecule has 1 aromatic rings. The molecular weight excluding hydrogens is 314 g/mol. The summed E-state index contributed by atoms with van der Waals surface area (Å²) in [4.78, 5) is 2.32. The number of hydrogen-bond acceptors (Lipinski definition) is 1. The van der Waals surface area contributed by atoms with E-state index in [1.54, 1.807) is 0 Å². The van der Waals surface area contributed by atoms with Crippen molar-refractivity contribution in [3.8, 4) is 0 Å². The van der Waals surface area contributed by atoms with E-state index in [1.165, 1.54) is 108 Å². The molecule has 149 valence electrons. The summed E-state index contributed by atoms with van der Waals surface area (Å²) in [5.74, 6) is 0. The molecule has 26 heavy (non-hydrogen) atoms. The van der Waals surface area contributed by atoms with Crippen LogP contribution in [0.4, 0.5) is 5.69 Å². The van der Waals surface area contributed by atoms with Crippen LogP contribution >= 0.6 is 0 Å². The van der Waals surface area contributed by atoms with Crippen molar-refractivity contribution >= 4 is 5.69 Å². The fourth-order valence-corrected chi connectivity index (χ4v) is 3.64. The van der Waals surface area contributed by atoms with Crippen molar-refractivity contribution in [1.29, 1.82) is 0 Å². The van der Waals surface area contributed by atoms with Crippen molar-refractivity contribution in [3.63, 3.8) is 0 Å². The van der Waals surface area contributed by atoms with Gasteiger partial charge in [0, 0.05) is 25.3 Å². The van der Waals surface area contributed by atoms with Crippen LogP contribution in [0.5, 0.6) is 0 Å². The van der Waals surface area contributed by atoms with Crippen LogP contribution in [0.25, 0.3) is 0 Å². The topological polar surface area (TPSA) is 3.24 Å². The standard InChI is InChI=1S/C25H44N/c1-3-4-5-6-7-8-9-10-11-12-13-14-15-16-17-21-24-26(2)25-22-19-18-20-23-25/h18-20,22H,3-17,21,24H2,1-2H3. The van der Waals surface area contributed by atoms with Crippen LogP contribution < -0.4 is 4.90 Å². The molecule has 0 N–H and O–H groups in total. The van der Waals surface area contributed by atoms with E-state index in [0.717, 1.165) is 6.54 Å². The molecule has 1 heteroatoms. The lowest BCUT2D eigenvalue weighted by Crippen LogP contribution is -2.18. The molecule has 0 amide bonds. The molecule has 1 radical (unpaired) electrons. The van der Waals surface area contributed by atoms with Gasteiger partial charge in [0.2, 0.25) is 0 Å². The minimum Gasteiger partial charge on any atom is -0.374 e. The third-order valence-corrected chi connectivity index (χ3v) is 5.45. The lowest BCUT2D eigenvalue weighted by Gasteiger charge is -2.18. The Morgan fingerprint density at radius 1 is 0.654 bits per heavy atom. The van der Waals surface area contributed by atoms with Crippen LogP contribution in [0.15, 0.2) is 24.3 Å². The van der Waals surface area contributed by atoms with Crippen molar-refractivity contribution in [2.45, 2.75) is 110 Å². The Hall–Kier alpha value is -0.980. The molecule has 0 atom stereocenters. The van der Waals surface area contributed by atoms with Crippen LogP contribution in [0, 0.1) is 6.07 Å². The summed E-state index contributed by atoms with van der Waals surface area (Å²) in [5.41, 5.74) is 1.22. The van der Waals surface area contributed by atoms with Crippen LogP contribution in [0.3, 0.4) is 0 Å². The number of unbranched alkanes of at least 4 members (excludes halogenated alkanes) is 15. The summed E-state index contributed by atoms with van der Waals surface area (Å²) in [6.45, 7) is 3.45. The van der Waals surface area contributed by atoms with Crippen LogP contribution in [0.1, 0.15) is 110 Å². The largest absolute Gasteiger partial charge is 0.374 e. The third kappa shape index (κ3) is 13.3. The Kier molecular flexibility index (Phi) is 15.5. The molecule has 1 rings (SSSR count). The fraction of sp³-hybridized carbons (Fsp3) is 0.760. The maximum absolute atomic E-state index is 3.30. The van der Waals surface area contributed by atoms with Crippen LogP contribution in [-0.2, 0) is 0 Å². The Balaban J connectivity index is 1.76. The fourth-order valence-electron chi connectivity index (χ4n) is 3.64. The summed E-state index contributed by atoms with van der Waals surface area (Å²) in [6.07, 6.45) is 22.9. The van der Waals surface area contributed by atoms with Gasteiger partial charge in [-0.05, 0) is 12.5 Å². The first-order chi connectivity index (χ1) is 12.8. The molecule has 0 aliphatic rings. The molecule has 0 fully saturated rings. The van der Waals surface area contributed by atoms with Gasteiger partial charge in [-0.3, -0.25) is 0 Å². The van der Waals surface area contributed by atoms with E-state index in [1.807, 2.05) is 12.1 Å². The number of para-hydroxylation sites is 1. The molecule has 0 saturated heterocycles. The first-order valence-electron chi connectivity index (χ1n) is 11.5. The Morgan fingerprint density at radius 3 is 1.54 bits per heavy atom. The molecular formula is C25H44N. The lowest BCUT2D eigenvalue weighted by molar-refractivity contribution is 0.529. The molecule has 0 aromatic heterocycles. The van der Waals surface area contributed by atoms with Gasteiger partial charge in [0.25, 0.3) is 0 Å². The summed E-state index contributed by atoms with van der Waals surface area (Å²) in [6, 6.07) is 11.6. The van der Waals surface area contributed by atoms with Crippen molar-refractivity contribution in [2.24, 2.45) is 0 Å². The van der Waals surface area contributed by atoms with Gasteiger partial charge in [0.15, 0.2) is 0 Å². The van der Waals surface area contributed by atoms with Gasteiger partial charge in [-0.25, -0.2) is 0 Å². The number of rotatable bonds is 18. The molecule has 0 heterocycles. The third-order valence-electron chi connectivity index (χ3n) is 5.45. The van der Waals surface area contributed by atoms with E-state index >= 15 is 0 Å². The Bertz CT molecular complexity index is 386. The van der Waals surface area contributed by atoms with E-state index in [4.69, 9.17) is 0 Å². The van der Waals surface area contributed by atoms with Crippen molar-refractivity contribution in [3.05, 3.63) is 30.3 Å². The normalized spacial score (nSPS) is 11.0. The monoisotopic (exact) mass is 358 g/mol. The first-order valence-corrected chi connectivity index (χ1v) is 11.5. The minimum atomic E-state index is 1.15. The summed E-state index contributed by atoms with van der Waals surface area (Å²) >= 11 is 0. The maximum atomic E-state index is 3.30. The SMILES string of the molecule is CCCCCCCCCCCCCCCCCCN(C)c1[c]cccc1. The average molecular weight is 359 g/mol. The smallest absolute Gasteiger partial charge is 0.0444 e. The van der Waals surface area contributed by atoms with Crippen molar-refractivity contribution in [1.82, 2.24) is 0 Å². The van der Waals surface area contributed by atoms with Gasteiger partial charge in [0.1, 0.15) is 0 Å². The van der Waals surface area contributed by atoms with E-state index in [0.29, 0.717) is 0 Å². The first kappa shape index (κ1) is 23.1. The molecule has 0 spiro atoms. The highest BCUT2D eigenvalue weighted by atomic mass is 15.1. The van der Waals surface area contributed by atoms with Crippen LogP contribution in [0.2, 0.25) is 0 Å². The summed E-state index contributed by atoms with van der Waals surface area (Å²) in [7, 11) is 2.18. The molecule has 0 unspecified atom stereocenters.